The monoisotopic (exact) mass is 295 g/mol. The molecule has 0 amide bonds. The number of nitrogens with zero attached hydrogens (tertiary/aromatic N) is 3. The number of hydrogen-bond acceptors (Lipinski definition) is 3. The van der Waals surface area contributed by atoms with Crippen molar-refractivity contribution in [3.05, 3.63) is 23.1 Å². The average molecular weight is 296 g/mol. The summed E-state index contributed by atoms with van der Waals surface area (Å²) in [5.74, 6) is 0.631. The number of pyridine rings is 1. The van der Waals surface area contributed by atoms with Crippen LogP contribution >= 0.6 is 11.6 Å². The lowest BCUT2D eigenvalue weighted by Gasteiger charge is -2.09. The van der Waals surface area contributed by atoms with Gasteiger partial charge in [-0.1, -0.05) is 25.4 Å². The van der Waals surface area contributed by atoms with Crippen LogP contribution in [0.3, 0.4) is 0 Å². The van der Waals surface area contributed by atoms with E-state index in [0.717, 1.165) is 23.4 Å². The maximum Gasteiger partial charge on any atom is 0.303 e. The molecule has 0 fully saturated rings. The molecule has 2 rings (SSSR count). The Labute approximate surface area is 122 Å². The van der Waals surface area contributed by atoms with Crippen molar-refractivity contribution in [3.8, 4) is 0 Å². The Hall–Kier alpha value is -1.62. The van der Waals surface area contributed by atoms with Crippen molar-refractivity contribution in [2.75, 3.05) is 0 Å². The molecule has 20 heavy (non-hydrogen) atoms. The van der Waals surface area contributed by atoms with Crippen molar-refractivity contribution in [2.45, 2.75) is 39.7 Å². The van der Waals surface area contributed by atoms with E-state index in [9.17, 15) is 4.79 Å². The van der Waals surface area contributed by atoms with Crippen LogP contribution in [0.2, 0.25) is 5.02 Å². The number of carboxylic acids is 1. The minimum Gasteiger partial charge on any atom is -0.481 e. The first-order valence-electron chi connectivity index (χ1n) is 6.70. The quantitative estimate of drug-likeness (QED) is 0.889. The van der Waals surface area contributed by atoms with Gasteiger partial charge in [0.1, 0.15) is 11.3 Å². The van der Waals surface area contributed by atoms with Crippen LogP contribution in [-0.2, 0) is 17.8 Å². The van der Waals surface area contributed by atoms with E-state index in [4.69, 9.17) is 16.7 Å². The number of fused-ring (bicyclic) bond motifs is 1. The lowest BCUT2D eigenvalue weighted by Crippen LogP contribution is -2.09. The SMILES string of the molecule is CC(C)Cc1nc2cc(Cl)cnc2n1CCCC(=O)O. The standard InChI is InChI=1S/C14H18ClN3O2/c1-9(2)6-12-17-11-7-10(15)8-16-14(11)18(12)5-3-4-13(19)20/h7-9H,3-6H2,1-2H3,(H,19,20). The molecular weight excluding hydrogens is 278 g/mol. The second kappa shape index (κ2) is 6.22. The molecule has 0 spiro atoms. The van der Waals surface area contributed by atoms with Gasteiger partial charge in [0.25, 0.3) is 0 Å². The summed E-state index contributed by atoms with van der Waals surface area (Å²) in [5.41, 5.74) is 1.54. The first kappa shape index (κ1) is 14.8. The summed E-state index contributed by atoms with van der Waals surface area (Å²) in [6.45, 7) is 4.86. The van der Waals surface area contributed by atoms with Crippen LogP contribution in [0.1, 0.15) is 32.5 Å². The van der Waals surface area contributed by atoms with E-state index in [1.165, 1.54) is 0 Å². The Morgan fingerprint density at radius 3 is 2.90 bits per heavy atom. The predicted molar refractivity (Wildman–Crippen MR) is 77.9 cm³/mol. The van der Waals surface area contributed by atoms with E-state index in [-0.39, 0.29) is 6.42 Å². The maximum absolute atomic E-state index is 10.6. The molecule has 0 radical (unpaired) electrons. The molecule has 2 aromatic heterocycles. The Kier molecular flexibility index (Phi) is 4.60. The van der Waals surface area contributed by atoms with Gasteiger partial charge < -0.3 is 9.67 Å². The first-order chi connectivity index (χ1) is 9.47. The molecule has 0 unspecified atom stereocenters. The highest BCUT2D eigenvalue weighted by Crippen LogP contribution is 2.20. The van der Waals surface area contributed by atoms with Crippen LogP contribution in [0.5, 0.6) is 0 Å². The smallest absolute Gasteiger partial charge is 0.303 e. The second-order valence-corrected chi connectivity index (χ2v) is 5.71. The summed E-state index contributed by atoms with van der Waals surface area (Å²) in [6.07, 6.45) is 3.14. The van der Waals surface area contributed by atoms with Crippen LogP contribution in [0.15, 0.2) is 12.3 Å². The van der Waals surface area contributed by atoms with E-state index in [1.54, 1.807) is 12.3 Å². The molecule has 0 aliphatic heterocycles. The van der Waals surface area contributed by atoms with Gasteiger partial charge in [0, 0.05) is 25.6 Å². The zero-order chi connectivity index (χ0) is 14.7. The van der Waals surface area contributed by atoms with Gasteiger partial charge in [-0.15, -0.1) is 0 Å². The van der Waals surface area contributed by atoms with E-state index >= 15 is 0 Å². The van der Waals surface area contributed by atoms with Crippen LogP contribution in [0, 0.1) is 5.92 Å². The van der Waals surface area contributed by atoms with Gasteiger partial charge in [0.05, 0.1) is 5.02 Å². The molecule has 0 saturated heterocycles. The number of rotatable bonds is 6. The van der Waals surface area contributed by atoms with Crippen LogP contribution in [0.4, 0.5) is 0 Å². The van der Waals surface area contributed by atoms with Crippen LogP contribution in [0.25, 0.3) is 11.2 Å². The summed E-state index contributed by atoms with van der Waals surface area (Å²) >= 11 is 5.94. The van der Waals surface area contributed by atoms with Gasteiger partial charge in [-0.3, -0.25) is 4.79 Å². The third-order valence-electron chi connectivity index (χ3n) is 2.99. The number of aromatic nitrogens is 3. The second-order valence-electron chi connectivity index (χ2n) is 5.27. The van der Waals surface area contributed by atoms with Gasteiger partial charge in [0.15, 0.2) is 5.65 Å². The topological polar surface area (TPSA) is 68.0 Å². The van der Waals surface area contributed by atoms with Gasteiger partial charge in [-0.2, -0.15) is 0 Å². The Morgan fingerprint density at radius 1 is 1.50 bits per heavy atom. The lowest BCUT2D eigenvalue weighted by molar-refractivity contribution is -0.137. The fourth-order valence-corrected chi connectivity index (χ4v) is 2.33. The van der Waals surface area contributed by atoms with Crippen LogP contribution < -0.4 is 0 Å². The van der Waals surface area contributed by atoms with E-state index in [0.29, 0.717) is 23.9 Å². The maximum atomic E-state index is 10.6. The highest BCUT2D eigenvalue weighted by Gasteiger charge is 2.13. The highest BCUT2D eigenvalue weighted by molar-refractivity contribution is 6.31. The molecule has 0 bridgehead atoms. The molecule has 1 N–H and O–H groups in total. The highest BCUT2D eigenvalue weighted by atomic mass is 35.5. The zero-order valence-electron chi connectivity index (χ0n) is 11.6. The van der Waals surface area contributed by atoms with Crippen molar-refractivity contribution in [1.82, 2.24) is 14.5 Å². The zero-order valence-corrected chi connectivity index (χ0v) is 12.4. The number of carbonyl (C=O) groups is 1. The minimum atomic E-state index is -0.782. The van der Waals surface area contributed by atoms with E-state index in [2.05, 4.69) is 23.8 Å². The van der Waals surface area contributed by atoms with Crippen LogP contribution in [-0.4, -0.2) is 25.6 Å². The Bertz CT molecular complexity index is 622. The Morgan fingerprint density at radius 2 is 2.25 bits per heavy atom. The van der Waals surface area contributed by atoms with Gasteiger partial charge in [-0.25, -0.2) is 9.97 Å². The summed E-state index contributed by atoms with van der Waals surface area (Å²) in [6, 6.07) is 1.79. The number of halogens is 1. The summed E-state index contributed by atoms with van der Waals surface area (Å²) in [4.78, 5) is 19.5. The molecule has 0 aromatic carbocycles. The molecule has 0 saturated carbocycles. The number of aryl methyl sites for hydroxylation is 1. The largest absolute Gasteiger partial charge is 0.481 e. The minimum absolute atomic E-state index is 0.147. The molecular formula is C14H18ClN3O2. The predicted octanol–water partition coefficient (Wildman–Crippen LogP) is 3.15. The fraction of sp³-hybridized carbons (Fsp3) is 0.500. The molecule has 6 heteroatoms. The van der Waals surface area contributed by atoms with Crippen molar-refractivity contribution < 1.29 is 9.90 Å². The van der Waals surface area contributed by atoms with Crippen molar-refractivity contribution in [3.63, 3.8) is 0 Å². The number of hydrogen-bond donors (Lipinski definition) is 1. The van der Waals surface area contributed by atoms with Crippen molar-refractivity contribution in [1.29, 1.82) is 0 Å². The number of imidazole rings is 1. The van der Waals surface area contributed by atoms with Crippen molar-refractivity contribution in [2.24, 2.45) is 5.92 Å². The van der Waals surface area contributed by atoms with E-state index in [1.807, 2.05) is 4.57 Å². The fourth-order valence-electron chi connectivity index (χ4n) is 2.18. The van der Waals surface area contributed by atoms with E-state index < -0.39 is 5.97 Å². The molecule has 0 atom stereocenters. The third kappa shape index (κ3) is 3.48. The summed E-state index contributed by atoms with van der Waals surface area (Å²) in [7, 11) is 0. The Balaban J connectivity index is 2.33. The van der Waals surface area contributed by atoms with Gasteiger partial charge in [-0.05, 0) is 18.4 Å². The van der Waals surface area contributed by atoms with Gasteiger partial charge in [0.2, 0.25) is 0 Å². The molecule has 108 valence electrons. The molecule has 5 nitrogen and oxygen atoms in total. The normalized spacial score (nSPS) is 11.4. The number of aliphatic carboxylic acids is 1. The van der Waals surface area contributed by atoms with Gasteiger partial charge >= 0.3 is 5.97 Å². The van der Waals surface area contributed by atoms with Crippen molar-refractivity contribution >= 4 is 28.7 Å². The molecule has 0 aliphatic rings. The summed E-state index contributed by atoms with van der Waals surface area (Å²) in [5, 5.41) is 9.31. The third-order valence-corrected chi connectivity index (χ3v) is 3.20. The molecule has 0 aliphatic carbocycles. The molecule has 2 heterocycles. The molecule has 2 aromatic rings. The first-order valence-corrected chi connectivity index (χ1v) is 7.07. The summed E-state index contributed by atoms with van der Waals surface area (Å²) < 4.78 is 2.01. The average Bonchev–Trinajstić information content (AvgIpc) is 2.65. The number of carboxylic acid groups (broad SMARTS) is 1. The lowest BCUT2D eigenvalue weighted by atomic mass is 10.1.